The van der Waals surface area contributed by atoms with Crippen LogP contribution in [0.2, 0.25) is 0 Å². The third kappa shape index (κ3) is 3.76. The molecule has 2 N–H and O–H groups in total. The molecule has 1 aliphatic heterocycles. The zero-order valence-electron chi connectivity index (χ0n) is 10.9. The molecule has 0 saturated carbocycles. The van der Waals surface area contributed by atoms with Crippen LogP contribution >= 0.6 is 0 Å². The third-order valence-corrected chi connectivity index (χ3v) is 3.85. The van der Waals surface area contributed by atoms with E-state index in [1.165, 1.54) is 32.4 Å². The van der Waals surface area contributed by atoms with E-state index >= 15 is 0 Å². The smallest absolute Gasteiger partial charge is 0.0241 e. The zero-order chi connectivity index (χ0) is 11.5. The van der Waals surface area contributed by atoms with Gasteiger partial charge < -0.3 is 5.73 Å². The second-order valence-electron chi connectivity index (χ2n) is 6.10. The first-order valence-corrected chi connectivity index (χ1v) is 6.40. The third-order valence-electron chi connectivity index (χ3n) is 3.85. The molecule has 0 bridgehead atoms. The maximum absolute atomic E-state index is 5.88. The summed E-state index contributed by atoms with van der Waals surface area (Å²) in [4.78, 5) is 2.61. The van der Waals surface area contributed by atoms with Gasteiger partial charge >= 0.3 is 0 Å². The lowest BCUT2D eigenvalue weighted by Crippen LogP contribution is -2.44. The summed E-state index contributed by atoms with van der Waals surface area (Å²) in [5.74, 6) is 0.677. The molecule has 1 heterocycles. The van der Waals surface area contributed by atoms with Crippen molar-refractivity contribution >= 4 is 0 Å². The highest BCUT2D eigenvalue weighted by Gasteiger charge is 2.27. The van der Waals surface area contributed by atoms with Crippen molar-refractivity contribution in [1.29, 1.82) is 0 Å². The Morgan fingerprint density at radius 2 is 1.87 bits per heavy atom. The van der Waals surface area contributed by atoms with Crippen LogP contribution in [-0.4, -0.2) is 30.6 Å². The standard InChI is InChI=1S/C13H28N2/c1-11(2)12(10-14)15-8-5-6-13(3,4)7-9-15/h11-12H,5-10,14H2,1-4H3. The Labute approximate surface area is 95.2 Å². The molecule has 0 aromatic carbocycles. The molecule has 0 radical (unpaired) electrons. The minimum atomic E-state index is 0.533. The average Bonchev–Trinajstić information content (AvgIpc) is 2.28. The van der Waals surface area contributed by atoms with Crippen LogP contribution in [-0.2, 0) is 0 Å². The molecule has 15 heavy (non-hydrogen) atoms. The minimum absolute atomic E-state index is 0.533. The lowest BCUT2D eigenvalue weighted by molar-refractivity contribution is 0.159. The van der Waals surface area contributed by atoms with Gasteiger partial charge in [0.25, 0.3) is 0 Å². The molecule has 0 spiro atoms. The molecule has 1 unspecified atom stereocenters. The molecule has 0 aliphatic carbocycles. The van der Waals surface area contributed by atoms with Crippen LogP contribution in [0.3, 0.4) is 0 Å². The van der Waals surface area contributed by atoms with Gasteiger partial charge in [0, 0.05) is 12.6 Å². The number of hydrogen-bond acceptors (Lipinski definition) is 2. The molecular formula is C13H28N2. The van der Waals surface area contributed by atoms with Crippen LogP contribution < -0.4 is 5.73 Å². The van der Waals surface area contributed by atoms with Crippen LogP contribution in [0.4, 0.5) is 0 Å². The zero-order valence-corrected chi connectivity index (χ0v) is 10.9. The van der Waals surface area contributed by atoms with E-state index in [2.05, 4.69) is 32.6 Å². The maximum atomic E-state index is 5.88. The van der Waals surface area contributed by atoms with Crippen LogP contribution in [0.1, 0.15) is 47.0 Å². The van der Waals surface area contributed by atoms with Crippen LogP contribution in [0.25, 0.3) is 0 Å². The van der Waals surface area contributed by atoms with E-state index < -0.39 is 0 Å². The Bertz CT molecular complexity index is 187. The molecule has 2 heteroatoms. The Kier molecular flexibility index (Phi) is 4.60. The van der Waals surface area contributed by atoms with Crippen LogP contribution in [0.5, 0.6) is 0 Å². The van der Waals surface area contributed by atoms with Crippen molar-refractivity contribution < 1.29 is 0 Å². The highest BCUT2D eigenvalue weighted by molar-refractivity contribution is 4.82. The van der Waals surface area contributed by atoms with E-state index in [9.17, 15) is 0 Å². The van der Waals surface area contributed by atoms with Gasteiger partial charge in [0.15, 0.2) is 0 Å². The van der Waals surface area contributed by atoms with Gasteiger partial charge in [-0.15, -0.1) is 0 Å². The fourth-order valence-corrected chi connectivity index (χ4v) is 2.62. The van der Waals surface area contributed by atoms with Crippen molar-refractivity contribution in [2.75, 3.05) is 19.6 Å². The van der Waals surface area contributed by atoms with Crippen LogP contribution in [0, 0.1) is 11.3 Å². The summed E-state index contributed by atoms with van der Waals surface area (Å²) >= 11 is 0. The molecule has 1 aliphatic rings. The normalized spacial score (nSPS) is 25.2. The predicted molar refractivity (Wildman–Crippen MR) is 66.9 cm³/mol. The van der Waals surface area contributed by atoms with Crippen molar-refractivity contribution in [2.24, 2.45) is 17.1 Å². The summed E-state index contributed by atoms with van der Waals surface area (Å²) in [6, 6.07) is 0.582. The summed E-state index contributed by atoms with van der Waals surface area (Å²) in [5.41, 5.74) is 6.41. The monoisotopic (exact) mass is 212 g/mol. The van der Waals surface area contributed by atoms with Gasteiger partial charge in [-0.3, -0.25) is 4.90 Å². The van der Waals surface area contributed by atoms with Gasteiger partial charge in [-0.1, -0.05) is 27.7 Å². The second kappa shape index (κ2) is 5.31. The molecule has 1 saturated heterocycles. The summed E-state index contributed by atoms with van der Waals surface area (Å²) in [5, 5.41) is 0. The topological polar surface area (TPSA) is 29.3 Å². The molecule has 90 valence electrons. The van der Waals surface area contributed by atoms with Gasteiger partial charge in [0.1, 0.15) is 0 Å². The van der Waals surface area contributed by atoms with Crippen molar-refractivity contribution in [2.45, 2.75) is 53.0 Å². The summed E-state index contributed by atoms with van der Waals surface area (Å²) in [6.07, 6.45) is 4.01. The Morgan fingerprint density at radius 1 is 1.20 bits per heavy atom. The largest absolute Gasteiger partial charge is 0.329 e. The molecule has 1 atom stereocenters. The average molecular weight is 212 g/mol. The van der Waals surface area contributed by atoms with Crippen molar-refractivity contribution in [3.63, 3.8) is 0 Å². The first-order chi connectivity index (χ1) is 6.96. The number of hydrogen-bond donors (Lipinski definition) is 1. The molecule has 2 nitrogen and oxygen atoms in total. The minimum Gasteiger partial charge on any atom is -0.329 e. The van der Waals surface area contributed by atoms with E-state index in [0.29, 0.717) is 17.4 Å². The van der Waals surface area contributed by atoms with Gasteiger partial charge in [0.2, 0.25) is 0 Å². The highest BCUT2D eigenvalue weighted by Crippen LogP contribution is 2.30. The SMILES string of the molecule is CC(C)C(CN)N1CCCC(C)(C)CC1. The van der Waals surface area contributed by atoms with Crippen LogP contribution in [0.15, 0.2) is 0 Å². The molecular weight excluding hydrogens is 184 g/mol. The molecule has 0 aromatic heterocycles. The fourth-order valence-electron chi connectivity index (χ4n) is 2.62. The number of nitrogens with two attached hydrogens (primary N) is 1. The first-order valence-electron chi connectivity index (χ1n) is 6.40. The second-order valence-corrected chi connectivity index (χ2v) is 6.10. The Balaban J connectivity index is 2.56. The van der Waals surface area contributed by atoms with Gasteiger partial charge in [0.05, 0.1) is 0 Å². The first kappa shape index (κ1) is 13.0. The quantitative estimate of drug-likeness (QED) is 0.779. The Hall–Kier alpha value is -0.0800. The predicted octanol–water partition coefficient (Wildman–Crippen LogP) is 2.48. The molecule has 0 aromatic rings. The maximum Gasteiger partial charge on any atom is 0.0241 e. The molecule has 1 fully saturated rings. The molecule has 0 amide bonds. The summed E-state index contributed by atoms with van der Waals surface area (Å²) < 4.78 is 0. The highest BCUT2D eigenvalue weighted by atomic mass is 15.2. The lowest BCUT2D eigenvalue weighted by atomic mass is 9.85. The van der Waals surface area contributed by atoms with Crippen molar-refractivity contribution in [3.05, 3.63) is 0 Å². The summed E-state index contributed by atoms with van der Waals surface area (Å²) in [6.45, 7) is 12.6. The lowest BCUT2D eigenvalue weighted by Gasteiger charge is -2.33. The Morgan fingerprint density at radius 3 is 2.40 bits per heavy atom. The summed E-state index contributed by atoms with van der Waals surface area (Å²) in [7, 11) is 0. The van der Waals surface area contributed by atoms with E-state index in [1.807, 2.05) is 0 Å². The number of likely N-dealkylation sites (tertiary alicyclic amines) is 1. The molecule has 1 rings (SSSR count). The number of rotatable bonds is 3. The van der Waals surface area contributed by atoms with Crippen molar-refractivity contribution in [1.82, 2.24) is 4.90 Å². The van der Waals surface area contributed by atoms with Gasteiger partial charge in [-0.2, -0.15) is 0 Å². The van der Waals surface area contributed by atoms with Gasteiger partial charge in [-0.25, -0.2) is 0 Å². The van der Waals surface area contributed by atoms with E-state index in [-0.39, 0.29) is 0 Å². The number of nitrogens with zero attached hydrogens (tertiary/aromatic N) is 1. The van der Waals surface area contributed by atoms with E-state index in [1.54, 1.807) is 0 Å². The fraction of sp³-hybridized carbons (Fsp3) is 1.00. The van der Waals surface area contributed by atoms with E-state index in [0.717, 1.165) is 6.54 Å². The van der Waals surface area contributed by atoms with Gasteiger partial charge in [-0.05, 0) is 43.7 Å². The van der Waals surface area contributed by atoms with E-state index in [4.69, 9.17) is 5.73 Å². The van der Waals surface area contributed by atoms with Crippen molar-refractivity contribution in [3.8, 4) is 0 Å².